The molecule has 0 atom stereocenters. The highest BCUT2D eigenvalue weighted by molar-refractivity contribution is 9.10. The van der Waals surface area contributed by atoms with Crippen LogP contribution in [0.4, 0.5) is 4.39 Å². The Kier molecular flexibility index (Phi) is 4.66. The molecule has 0 spiro atoms. The van der Waals surface area contributed by atoms with E-state index in [4.69, 9.17) is 23.2 Å². The van der Waals surface area contributed by atoms with E-state index in [2.05, 4.69) is 31.9 Å². The lowest BCUT2D eigenvalue weighted by molar-refractivity contribution is 0.103. The van der Waals surface area contributed by atoms with Gasteiger partial charge in [0.2, 0.25) is 0 Å². The van der Waals surface area contributed by atoms with E-state index < -0.39 is 11.6 Å². The molecule has 0 bridgehead atoms. The monoisotopic (exact) mass is 424 g/mol. The number of halogens is 5. The zero-order valence-electron chi connectivity index (χ0n) is 9.18. The average Bonchev–Trinajstić information content (AvgIpc) is 2.34. The van der Waals surface area contributed by atoms with Gasteiger partial charge < -0.3 is 0 Å². The first-order valence-electron chi connectivity index (χ1n) is 5.04. The average molecular weight is 427 g/mol. The molecule has 0 heterocycles. The summed E-state index contributed by atoms with van der Waals surface area (Å²) in [5.74, 6) is -1.23. The zero-order chi connectivity index (χ0) is 14.2. The molecule has 0 fully saturated rings. The summed E-state index contributed by atoms with van der Waals surface area (Å²) in [7, 11) is 0. The summed E-state index contributed by atoms with van der Waals surface area (Å²) in [4.78, 5) is 12.2. The topological polar surface area (TPSA) is 17.1 Å². The largest absolute Gasteiger partial charge is 0.288 e. The maximum absolute atomic E-state index is 14.0. The van der Waals surface area contributed by atoms with Crippen LogP contribution < -0.4 is 0 Å². The van der Waals surface area contributed by atoms with Gasteiger partial charge in [-0.05, 0) is 46.3 Å². The molecule has 2 aromatic rings. The minimum atomic E-state index is -0.753. The highest BCUT2D eigenvalue weighted by Crippen LogP contribution is 2.29. The van der Waals surface area contributed by atoms with Crippen LogP contribution in [0.15, 0.2) is 39.3 Å². The van der Waals surface area contributed by atoms with Crippen LogP contribution in [0.2, 0.25) is 10.0 Å². The normalized spacial score (nSPS) is 10.6. The minimum Gasteiger partial charge on any atom is -0.288 e. The van der Waals surface area contributed by atoms with Gasteiger partial charge in [-0.15, -0.1) is 0 Å². The van der Waals surface area contributed by atoms with E-state index in [9.17, 15) is 9.18 Å². The molecule has 0 aromatic heterocycles. The summed E-state index contributed by atoms with van der Waals surface area (Å²) >= 11 is 18.0. The van der Waals surface area contributed by atoms with Crippen molar-refractivity contribution in [2.75, 3.05) is 0 Å². The Balaban J connectivity index is 2.53. The summed E-state index contributed by atoms with van der Waals surface area (Å²) in [6.07, 6.45) is 0. The second kappa shape index (κ2) is 5.92. The molecule has 0 aliphatic carbocycles. The summed E-state index contributed by atoms with van der Waals surface area (Å²) in [6.45, 7) is 0. The van der Waals surface area contributed by atoms with Crippen molar-refractivity contribution in [3.05, 3.63) is 66.3 Å². The van der Waals surface area contributed by atoms with Gasteiger partial charge in [-0.2, -0.15) is 0 Å². The number of hydrogen-bond donors (Lipinski definition) is 0. The van der Waals surface area contributed by atoms with Crippen LogP contribution in [0.5, 0.6) is 0 Å². The quantitative estimate of drug-likeness (QED) is 0.432. The highest BCUT2D eigenvalue weighted by atomic mass is 79.9. The fourth-order valence-electron chi connectivity index (χ4n) is 1.54. The second-order valence-electron chi connectivity index (χ2n) is 3.71. The van der Waals surface area contributed by atoms with Crippen LogP contribution in [0.1, 0.15) is 15.9 Å². The smallest absolute Gasteiger partial charge is 0.196 e. The summed E-state index contributed by atoms with van der Waals surface area (Å²) in [6, 6.07) is 7.59. The third-order valence-corrected chi connectivity index (χ3v) is 4.34. The fraction of sp³-hybridized carbons (Fsp3) is 0. The van der Waals surface area contributed by atoms with Gasteiger partial charge in [0.15, 0.2) is 11.6 Å². The lowest BCUT2D eigenvalue weighted by atomic mass is 10.0. The molecule has 0 unspecified atom stereocenters. The number of carbonyl (C=O) groups is 1. The molecular formula is C13H5Br2Cl2FO. The maximum atomic E-state index is 14.0. The Morgan fingerprint density at radius 1 is 1.11 bits per heavy atom. The third kappa shape index (κ3) is 3.19. The Morgan fingerprint density at radius 3 is 2.42 bits per heavy atom. The van der Waals surface area contributed by atoms with Crippen LogP contribution in [0, 0.1) is 5.82 Å². The van der Waals surface area contributed by atoms with Gasteiger partial charge in [-0.25, -0.2) is 4.39 Å². The van der Waals surface area contributed by atoms with E-state index in [-0.39, 0.29) is 16.1 Å². The van der Waals surface area contributed by atoms with Gasteiger partial charge in [0.25, 0.3) is 0 Å². The molecule has 0 radical (unpaired) electrons. The van der Waals surface area contributed by atoms with Gasteiger partial charge in [0.1, 0.15) is 0 Å². The van der Waals surface area contributed by atoms with Gasteiger partial charge in [-0.1, -0.05) is 39.1 Å². The van der Waals surface area contributed by atoms with Crippen molar-refractivity contribution in [2.45, 2.75) is 0 Å². The summed E-state index contributed by atoms with van der Waals surface area (Å²) in [5, 5.41) is 0.272. The fourth-order valence-corrected chi connectivity index (χ4v) is 2.87. The Hall–Kier alpha value is -0.420. The SMILES string of the molecule is O=C(c1cc(Cl)cc(Br)c1)c1ccc(Br)c(Cl)c1F. The lowest BCUT2D eigenvalue weighted by Gasteiger charge is -2.06. The molecule has 1 nitrogen and oxygen atoms in total. The standard InChI is InChI=1S/C13H5Br2Cl2FO/c14-7-3-6(4-8(16)5-7)13(19)9-1-2-10(15)11(17)12(9)18/h1-5H. The van der Waals surface area contributed by atoms with E-state index in [1.165, 1.54) is 18.2 Å². The molecule has 2 aromatic carbocycles. The molecule has 0 aliphatic rings. The Labute approximate surface area is 136 Å². The molecule has 0 saturated carbocycles. The molecule has 19 heavy (non-hydrogen) atoms. The number of carbonyl (C=O) groups excluding carboxylic acids is 1. The highest BCUT2D eigenvalue weighted by Gasteiger charge is 2.18. The van der Waals surface area contributed by atoms with Crippen LogP contribution in [0.3, 0.4) is 0 Å². The molecule has 0 amide bonds. The molecule has 0 saturated heterocycles. The summed E-state index contributed by atoms with van der Waals surface area (Å²) in [5.41, 5.74) is 0.194. The number of ketones is 1. The number of rotatable bonds is 2. The van der Waals surface area contributed by atoms with Crippen LogP contribution in [0.25, 0.3) is 0 Å². The molecule has 6 heteroatoms. The zero-order valence-corrected chi connectivity index (χ0v) is 13.9. The maximum Gasteiger partial charge on any atom is 0.196 e. The van der Waals surface area contributed by atoms with Crippen molar-refractivity contribution in [1.82, 2.24) is 0 Å². The predicted octanol–water partition coefficient (Wildman–Crippen LogP) is 5.89. The van der Waals surface area contributed by atoms with E-state index in [0.717, 1.165) is 0 Å². The number of benzene rings is 2. The third-order valence-electron chi connectivity index (χ3n) is 2.40. The first-order valence-corrected chi connectivity index (χ1v) is 7.38. The predicted molar refractivity (Wildman–Crippen MR) is 81.7 cm³/mol. The molecule has 2 rings (SSSR count). The Morgan fingerprint density at radius 2 is 1.79 bits per heavy atom. The van der Waals surface area contributed by atoms with E-state index >= 15 is 0 Å². The summed E-state index contributed by atoms with van der Waals surface area (Å²) < 4.78 is 15.0. The molecule has 0 aliphatic heterocycles. The van der Waals surface area contributed by atoms with Crippen molar-refractivity contribution in [1.29, 1.82) is 0 Å². The second-order valence-corrected chi connectivity index (χ2v) is 6.29. The van der Waals surface area contributed by atoms with Crippen molar-refractivity contribution in [3.8, 4) is 0 Å². The van der Waals surface area contributed by atoms with E-state index in [0.29, 0.717) is 14.0 Å². The van der Waals surface area contributed by atoms with Gasteiger partial charge in [0.05, 0.1) is 10.6 Å². The van der Waals surface area contributed by atoms with Crippen LogP contribution in [-0.4, -0.2) is 5.78 Å². The van der Waals surface area contributed by atoms with Crippen LogP contribution in [-0.2, 0) is 0 Å². The molecule has 0 N–H and O–H groups in total. The van der Waals surface area contributed by atoms with Crippen molar-refractivity contribution >= 4 is 60.8 Å². The van der Waals surface area contributed by atoms with Crippen LogP contribution >= 0.6 is 55.1 Å². The minimum absolute atomic E-state index is 0.0950. The van der Waals surface area contributed by atoms with Crippen molar-refractivity contribution < 1.29 is 9.18 Å². The lowest BCUT2D eigenvalue weighted by Crippen LogP contribution is -2.05. The van der Waals surface area contributed by atoms with Gasteiger partial charge in [0, 0.05) is 19.5 Å². The molecule has 98 valence electrons. The number of hydrogen-bond acceptors (Lipinski definition) is 1. The van der Waals surface area contributed by atoms with E-state index in [1.807, 2.05) is 0 Å². The Bertz CT molecular complexity index is 654. The molecular weight excluding hydrogens is 422 g/mol. The van der Waals surface area contributed by atoms with Gasteiger partial charge in [-0.3, -0.25) is 4.79 Å². The first-order chi connectivity index (χ1) is 8.90. The van der Waals surface area contributed by atoms with Crippen molar-refractivity contribution in [2.24, 2.45) is 0 Å². The van der Waals surface area contributed by atoms with Gasteiger partial charge >= 0.3 is 0 Å². The van der Waals surface area contributed by atoms with E-state index in [1.54, 1.807) is 12.1 Å². The first kappa shape index (κ1) is 15.0. The van der Waals surface area contributed by atoms with Crippen molar-refractivity contribution in [3.63, 3.8) is 0 Å².